The molecule has 1 aliphatic heterocycles. The summed E-state index contributed by atoms with van der Waals surface area (Å²) >= 11 is 5.99. The van der Waals surface area contributed by atoms with E-state index in [0.717, 1.165) is 16.8 Å². The van der Waals surface area contributed by atoms with Gasteiger partial charge in [0.25, 0.3) is 11.8 Å². The minimum atomic E-state index is -0.418. The second-order valence-corrected chi connectivity index (χ2v) is 7.78. The molecule has 5 nitrogen and oxygen atoms in total. The lowest BCUT2D eigenvalue weighted by Gasteiger charge is -2.16. The van der Waals surface area contributed by atoms with Crippen molar-refractivity contribution in [1.29, 1.82) is 0 Å². The average molecular weight is 433 g/mol. The molecule has 0 radical (unpaired) electrons. The smallest absolute Gasteiger partial charge is 0.282 e. The topological polar surface area (TPSA) is 58.6 Å². The molecular formula is C25H21ClN2O3. The van der Waals surface area contributed by atoms with Crippen molar-refractivity contribution in [2.45, 2.75) is 13.8 Å². The van der Waals surface area contributed by atoms with Gasteiger partial charge in [0.05, 0.1) is 18.4 Å². The van der Waals surface area contributed by atoms with E-state index in [-0.39, 0.29) is 5.70 Å². The number of rotatable bonds is 5. The number of halogens is 1. The molecule has 0 fully saturated rings. The quantitative estimate of drug-likeness (QED) is 0.551. The zero-order valence-corrected chi connectivity index (χ0v) is 18.2. The molecule has 0 bridgehead atoms. The first-order valence-corrected chi connectivity index (χ1v) is 10.1. The molecule has 6 heteroatoms. The van der Waals surface area contributed by atoms with Gasteiger partial charge in [-0.1, -0.05) is 41.4 Å². The summed E-state index contributed by atoms with van der Waals surface area (Å²) in [5.41, 5.74) is 4.49. The predicted molar refractivity (Wildman–Crippen MR) is 123 cm³/mol. The molecule has 4 rings (SSSR count). The molecule has 0 saturated carbocycles. The monoisotopic (exact) mass is 432 g/mol. The van der Waals surface area contributed by atoms with Gasteiger partial charge in [-0.2, -0.15) is 0 Å². The Kier molecular flexibility index (Phi) is 5.53. The SMILES string of the molecule is COc1ccc(C2=C(Nc3ccc(C)cc3C)C(=O)N(c3ccc(Cl)cc3)C2=O)cc1. The molecule has 3 aromatic rings. The van der Waals surface area contributed by atoms with Crippen molar-refractivity contribution in [3.8, 4) is 5.75 Å². The molecule has 2 amide bonds. The number of methoxy groups -OCH3 is 1. The lowest BCUT2D eigenvalue weighted by molar-refractivity contribution is -0.120. The van der Waals surface area contributed by atoms with Crippen molar-refractivity contribution < 1.29 is 14.3 Å². The summed E-state index contributed by atoms with van der Waals surface area (Å²) in [5, 5.41) is 3.74. The second kappa shape index (κ2) is 8.28. The van der Waals surface area contributed by atoms with Gasteiger partial charge < -0.3 is 10.1 Å². The maximum Gasteiger partial charge on any atom is 0.282 e. The van der Waals surface area contributed by atoms with Crippen molar-refractivity contribution in [1.82, 2.24) is 0 Å². The Bertz CT molecular complexity index is 1200. The molecule has 1 N–H and O–H groups in total. The molecule has 156 valence electrons. The minimum absolute atomic E-state index is 0.233. The third-order valence-electron chi connectivity index (χ3n) is 5.19. The van der Waals surface area contributed by atoms with Gasteiger partial charge in [-0.3, -0.25) is 9.59 Å². The van der Waals surface area contributed by atoms with Gasteiger partial charge in [0.2, 0.25) is 0 Å². The molecule has 0 aromatic heterocycles. The molecular weight excluding hydrogens is 412 g/mol. The number of hydrogen-bond donors (Lipinski definition) is 1. The number of ether oxygens (including phenoxy) is 1. The number of benzene rings is 3. The third-order valence-corrected chi connectivity index (χ3v) is 5.44. The summed E-state index contributed by atoms with van der Waals surface area (Å²) in [6, 6.07) is 19.6. The van der Waals surface area contributed by atoms with Gasteiger partial charge in [0.15, 0.2) is 0 Å². The molecule has 3 aromatic carbocycles. The largest absolute Gasteiger partial charge is 0.497 e. The number of imide groups is 1. The first kappa shape index (κ1) is 20.7. The fraction of sp³-hybridized carbons (Fsp3) is 0.120. The van der Waals surface area contributed by atoms with Crippen LogP contribution in [0.2, 0.25) is 5.02 Å². The van der Waals surface area contributed by atoms with Gasteiger partial charge >= 0.3 is 0 Å². The molecule has 1 aliphatic rings. The number of carbonyl (C=O) groups is 2. The molecule has 1 heterocycles. The average Bonchev–Trinajstić information content (AvgIpc) is 3.00. The van der Waals surface area contributed by atoms with E-state index in [1.165, 1.54) is 4.90 Å². The van der Waals surface area contributed by atoms with E-state index in [2.05, 4.69) is 5.32 Å². The summed E-state index contributed by atoms with van der Waals surface area (Å²) in [7, 11) is 1.58. The molecule has 0 spiro atoms. The van der Waals surface area contributed by atoms with Crippen LogP contribution in [0.15, 0.2) is 72.4 Å². The summed E-state index contributed by atoms with van der Waals surface area (Å²) in [6.45, 7) is 3.96. The molecule has 31 heavy (non-hydrogen) atoms. The Morgan fingerprint density at radius 3 is 2.16 bits per heavy atom. The fourth-order valence-electron chi connectivity index (χ4n) is 3.58. The number of nitrogens with one attached hydrogen (secondary N) is 1. The van der Waals surface area contributed by atoms with Crippen LogP contribution >= 0.6 is 11.6 Å². The van der Waals surface area contributed by atoms with Crippen LogP contribution < -0.4 is 15.0 Å². The van der Waals surface area contributed by atoms with Crippen LogP contribution in [0.1, 0.15) is 16.7 Å². The van der Waals surface area contributed by atoms with Crippen molar-refractivity contribution in [2.75, 3.05) is 17.3 Å². The molecule has 0 saturated heterocycles. The van der Waals surface area contributed by atoms with Crippen LogP contribution in [-0.4, -0.2) is 18.9 Å². The van der Waals surface area contributed by atoms with Crippen molar-refractivity contribution in [3.63, 3.8) is 0 Å². The van der Waals surface area contributed by atoms with Gasteiger partial charge in [-0.25, -0.2) is 4.90 Å². The number of anilines is 2. The highest BCUT2D eigenvalue weighted by atomic mass is 35.5. The molecule has 0 unspecified atom stereocenters. The highest BCUT2D eigenvalue weighted by molar-refractivity contribution is 6.46. The summed E-state index contributed by atoms with van der Waals surface area (Å²) in [4.78, 5) is 28.0. The highest BCUT2D eigenvalue weighted by Crippen LogP contribution is 2.35. The van der Waals surface area contributed by atoms with Crippen molar-refractivity contribution in [2.24, 2.45) is 0 Å². The maximum absolute atomic E-state index is 13.4. The first-order chi connectivity index (χ1) is 14.9. The van der Waals surface area contributed by atoms with Gasteiger partial charge in [-0.05, 0) is 67.4 Å². The van der Waals surface area contributed by atoms with E-state index < -0.39 is 11.8 Å². The zero-order valence-electron chi connectivity index (χ0n) is 17.4. The van der Waals surface area contributed by atoms with E-state index in [1.807, 2.05) is 32.0 Å². The lowest BCUT2D eigenvalue weighted by atomic mass is 10.0. The molecule has 0 aliphatic carbocycles. The van der Waals surface area contributed by atoms with Crippen molar-refractivity contribution in [3.05, 3.63) is 94.1 Å². The van der Waals surface area contributed by atoms with Crippen molar-refractivity contribution >= 4 is 40.4 Å². The first-order valence-electron chi connectivity index (χ1n) is 9.76. The predicted octanol–water partition coefficient (Wildman–Crippen LogP) is 5.36. The number of aryl methyl sites for hydroxylation is 2. The summed E-state index contributed by atoms with van der Waals surface area (Å²) < 4.78 is 5.22. The van der Waals surface area contributed by atoms with E-state index in [9.17, 15) is 9.59 Å². The van der Waals surface area contributed by atoms with Crippen LogP contribution in [0.5, 0.6) is 5.75 Å². The normalized spacial score (nSPS) is 13.7. The standard InChI is InChI=1S/C25H21ClN2O3/c1-15-4-13-21(16(2)14-15)27-23-22(17-5-11-20(31-3)12-6-17)24(29)28(25(23)30)19-9-7-18(26)8-10-19/h4-14,27H,1-3H3. The Balaban J connectivity index is 1.82. The summed E-state index contributed by atoms with van der Waals surface area (Å²) in [6.07, 6.45) is 0. The summed E-state index contributed by atoms with van der Waals surface area (Å²) in [5.74, 6) is -0.151. The highest BCUT2D eigenvalue weighted by Gasteiger charge is 2.40. The second-order valence-electron chi connectivity index (χ2n) is 7.34. The third kappa shape index (κ3) is 3.92. The van der Waals surface area contributed by atoms with Gasteiger partial charge in [0, 0.05) is 10.7 Å². The van der Waals surface area contributed by atoms with Gasteiger partial charge in [0.1, 0.15) is 11.4 Å². The van der Waals surface area contributed by atoms with Crippen LogP contribution in [0.25, 0.3) is 5.57 Å². The van der Waals surface area contributed by atoms with E-state index in [4.69, 9.17) is 16.3 Å². The van der Waals surface area contributed by atoms with Crippen LogP contribution in [0.3, 0.4) is 0 Å². The zero-order chi connectivity index (χ0) is 22.1. The van der Waals surface area contributed by atoms with E-state index in [1.54, 1.807) is 55.6 Å². The maximum atomic E-state index is 13.4. The lowest BCUT2D eigenvalue weighted by Crippen LogP contribution is -2.32. The Hall–Kier alpha value is -3.57. The Labute approximate surface area is 185 Å². The van der Waals surface area contributed by atoms with E-state index in [0.29, 0.717) is 27.6 Å². The minimum Gasteiger partial charge on any atom is -0.497 e. The number of hydrogen-bond acceptors (Lipinski definition) is 4. The fourth-order valence-corrected chi connectivity index (χ4v) is 3.71. The van der Waals surface area contributed by atoms with Crippen LogP contribution in [0, 0.1) is 13.8 Å². The number of nitrogens with zero attached hydrogens (tertiary/aromatic N) is 1. The molecule has 0 atom stereocenters. The Morgan fingerprint density at radius 2 is 1.55 bits per heavy atom. The Morgan fingerprint density at radius 1 is 0.871 bits per heavy atom. The van der Waals surface area contributed by atoms with Gasteiger partial charge in [-0.15, -0.1) is 0 Å². The van der Waals surface area contributed by atoms with E-state index >= 15 is 0 Å². The number of carbonyl (C=O) groups excluding carboxylic acids is 2. The van der Waals surface area contributed by atoms with Crippen LogP contribution in [0.4, 0.5) is 11.4 Å². The number of amides is 2. The van der Waals surface area contributed by atoms with Crippen LogP contribution in [-0.2, 0) is 9.59 Å².